The number of carboxylic acid groups (broad SMARTS) is 1. The fourth-order valence-electron chi connectivity index (χ4n) is 3.47. The number of hydrogen-bond donors (Lipinski definition) is 3. The number of benzene rings is 2. The maximum absolute atomic E-state index is 12.8. The molecule has 1 aliphatic rings. The van der Waals surface area contributed by atoms with Crippen LogP contribution in [0.5, 0.6) is 0 Å². The van der Waals surface area contributed by atoms with Crippen molar-refractivity contribution in [1.82, 2.24) is 9.88 Å². The molecule has 7 heteroatoms. The Morgan fingerprint density at radius 2 is 1.89 bits per heavy atom. The summed E-state index contributed by atoms with van der Waals surface area (Å²) in [7, 11) is 0. The maximum atomic E-state index is 12.8. The van der Waals surface area contributed by atoms with Crippen LogP contribution in [0.1, 0.15) is 16.8 Å². The normalized spacial score (nSPS) is 16.1. The predicted octanol–water partition coefficient (Wildman–Crippen LogP) is 3.65. The summed E-state index contributed by atoms with van der Waals surface area (Å²) in [4.78, 5) is 29.7. The topological polar surface area (TPSA) is 94.6 Å². The molecule has 0 radical (unpaired) electrons. The van der Waals surface area contributed by atoms with Crippen LogP contribution in [0, 0.1) is 0 Å². The quantitative estimate of drug-likeness (QED) is 0.646. The van der Waals surface area contributed by atoms with E-state index in [9.17, 15) is 9.59 Å². The standard InChI is InChI=1S/C21H20N4O3/c26-20(24-14-5-2-1-3-6-14)17-8-9-18(16-7-4-11-22-19(16)17)23-15-10-12-25(13-15)21(27)28/h1-9,11,15,23H,10,12-13H2,(H,24,26)(H,27,28). The van der Waals surface area contributed by atoms with Crippen molar-refractivity contribution in [2.75, 3.05) is 23.7 Å². The number of anilines is 2. The van der Waals surface area contributed by atoms with Crippen LogP contribution in [-0.4, -0.2) is 46.1 Å². The lowest BCUT2D eigenvalue weighted by Crippen LogP contribution is -2.30. The van der Waals surface area contributed by atoms with Gasteiger partial charge in [0.05, 0.1) is 11.1 Å². The third-order valence-electron chi connectivity index (χ3n) is 4.86. The lowest BCUT2D eigenvalue weighted by atomic mass is 10.1. The van der Waals surface area contributed by atoms with E-state index in [4.69, 9.17) is 5.11 Å². The minimum absolute atomic E-state index is 0.0310. The number of nitrogens with one attached hydrogen (secondary N) is 2. The van der Waals surface area contributed by atoms with Crippen molar-refractivity contribution in [3.8, 4) is 0 Å². The predicted molar refractivity (Wildman–Crippen MR) is 108 cm³/mol. The van der Waals surface area contributed by atoms with Gasteiger partial charge >= 0.3 is 6.09 Å². The monoisotopic (exact) mass is 376 g/mol. The molecule has 0 bridgehead atoms. The van der Waals surface area contributed by atoms with Gasteiger partial charge in [0, 0.05) is 42.1 Å². The lowest BCUT2D eigenvalue weighted by Gasteiger charge is -2.17. The molecule has 142 valence electrons. The van der Waals surface area contributed by atoms with E-state index in [-0.39, 0.29) is 11.9 Å². The maximum Gasteiger partial charge on any atom is 0.407 e. The summed E-state index contributed by atoms with van der Waals surface area (Å²) in [6.07, 6.45) is 1.50. The molecule has 1 saturated heterocycles. The number of aromatic nitrogens is 1. The van der Waals surface area contributed by atoms with Gasteiger partial charge in [-0.05, 0) is 42.8 Å². The van der Waals surface area contributed by atoms with Crippen LogP contribution in [0.15, 0.2) is 60.8 Å². The Labute approximate surface area is 162 Å². The van der Waals surface area contributed by atoms with Crippen LogP contribution in [0.2, 0.25) is 0 Å². The third kappa shape index (κ3) is 3.59. The Morgan fingerprint density at radius 3 is 2.64 bits per heavy atom. The average molecular weight is 376 g/mol. The van der Waals surface area contributed by atoms with Gasteiger partial charge in [-0.25, -0.2) is 4.79 Å². The molecule has 0 saturated carbocycles. The molecule has 1 aromatic heterocycles. The van der Waals surface area contributed by atoms with Gasteiger partial charge in [0.2, 0.25) is 0 Å². The van der Waals surface area contributed by atoms with E-state index in [0.717, 1.165) is 23.2 Å². The molecule has 2 heterocycles. The second-order valence-corrected chi connectivity index (χ2v) is 6.74. The first-order valence-electron chi connectivity index (χ1n) is 9.10. The van der Waals surface area contributed by atoms with Crippen LogP contribution in [0.4, 0.5) is 16.2 Å². The number of carbonyl (C=O) groups excluding carboxylic acids is 1. The Balaban J connectivity index is 1.60. The molecular weight excluding hydrogens is 356 g/mol. The number of carbonyl (C=O) groups is 2. The van der Waals surface area contributed by atoms with Gasteiger partial charge in [0.15, 0.2) is 0 Å². The molecule has 1 fully saturated rings. The molecule has 3 N–H and O–H groups in total. The number of amides is 2. The first-order chi connectivity index (χ1) is 13.6. The van der Waals surface area contributed by atoms with Crippen molar-refractivity contribution in [3.63, 3.8) is 0 Å². The molecular formula is C21H20N4O3. The molecule has 2 aromatic carbocycles. The van der Waals surface area contributed by atoms with Gasteiger partial charge in [-0.2, -0.15) is 0 Å². The fraction of sp³-hybridized carbons (Fsp3) is 0.190. The highest BCUT2D eigenvalue weighted by Gasteiger charge is 2.26. The van der Waals surface area contributed by atoms with E-state index >= 15 is 0 Å². The molecule has 2 amide bonds. The third-order valence-corrected chi connectivity index (χ3v) is 4.86. The largest absolute Gasteiger partial charge is 0.465 e. The second-order valence-electron chi connectivity index (χ2n) is 6.74. The zero-order valence-corrected chi connectivity index (χ0v) is 15.1. The summed E-state index contributed by atoms with van der Waals surface area (Å²) in [5, 5.41) is 16.3. The number of hydrogen-bond acceptors (Lipinski definition) is 4. The van der Waals surface area contributed by atoms with Gasteiger partial charge in [0.25, 0.3) is 5.91 Å². The van der Waals surface area contributed by atoms with Crippen molar-refractivity contribution < 1.29 is 14.7 Å². The van der Waals surface area contributed by atoms with Gasteiger partial charge in [-0.3, -0.25) is 9.78 Å². The fourth-order valence-corrected chi connectivity index (χ4v) is 3.47. The van der Waals surface area contributed by atoms with Crippen molar-refractivity contribution >= 4 is 34.3 Å². The van der Waals surface area contributed by atoms with E-state index in [1.54, 1.807) is 12.3 Å². The highest BCUT2D eigenvalue weighted by molar-refractivity contribution is 6.13. The van der Waals surface area contributed by atoms with Crippen LogP contribution in [-0.2, 0) is 0 Å². The first-order valence-corrected chi connectivity index (χ1v) is 9.10. The number of likely N-dealkylation sites (tertiary alicyclic amines) is 1. The molecule has 7 nitrogen and oxygen atoms in total. The van der Waals surface area contributed by atoms with Gasteiger partial charge in [0.1, 0.15) is 0 Å². The van der Waals surface area contributed by atoms with Gasteiger partial charge in [-0.1, -0.05) is 18.2 Å². The highest BCUT2D eigenvalue weighted by atomic mass is 16.4. The van der Waals surface area contributed by atoms with Crippen LogP contribution in [0.25, 0.3) is 10.9 Å². The van der Waals surface area contributed by atoms with E-state index in [2.05, 4.69) is 15.6 Å². The molecule has 1 unspecified atom stereocenters. The van der Waals surface area contributed by atoms with Gasteiger partial charge in [-0.15, -0.1) is 0 Å². The summed E-state index contributed by atoms with van der Waals surface area (Å²) in [6, 6.07) is 16.6. The number of fused-ring (bicyclic) bond motifs is 1. The zero-order valence-electron chi connectivity index (χ0n) is 15.1. The van der Waals surface area contributed by atoms with E-state index in [1.807, 2.05) is 48.5 Å². The van der Waals surface area contributed by atoms with Crippen LogP contribution in [0.3, 0.4) is 0 Å². The number of para-hydroxylation sites is 1. The summed E-state index contributed by atoms with van der Waals surface area (Å²) in [6.45, 7) is 0.952. The van der Waals surface area contributed by atoms with Crippen molar-refractivity contribution in [3.05, 3.63) is 66.4 Å². The summed E-state index contributed by atoms with van der Waals surface area (Å²) < 4.78 is 0. The van der Waals surface area contributed by atoms with E-state index in [0.29, 0.717) is 24.2 Å². The molecule has 0 spiro atoms. The molecule has 3 aromatic rings. The SMILES string of the molecule is O=C(Nc1ccccc1)c1ccc(NC2CCN(C(=O)O)C2)c2cccnc12. The molecule has 1 aliphatic heterocycles. The number of pyridine rings is 1. The minimum Gasteiger partial charge on any atom is -0.465 e. The minimum atomic E-state index is -0.899. The van der Waals surface area contributed by atoms with Crippen molar-refractivity contribution in [2.24, 2.45) is 0 Å². The average Bonchev–Trinajstić information content (AvgIpc) is 3.18. The number of rotatable bonds is 4. The number of nitrogens with zero attached hydrogens (tertiary/aromatic N) is 2. The summed E-state index contributed by atoms with van der Waals surface area (Å²) >= 11 is 0. The Hall–Kier alpha value is -3.61. The Morgan fingerprint density at radius 1 is 1.07 bits per heavy atom. The Kier molecular flexibility index (Phi) is 4.80. The van der Waals surface area contributed by atoms with E-state index in [1.165, 1.54) is 4.90 Å². The highest BCUT2D eigenvalue weighted by Crippen LogP contribution is 2.27. The van der Waals surface area contributed by atoms with E-state index < -0.39 is 6.09 Å². The van der Waals surface area contributed by atoms with Crippen molar-refractivity contribution in [2.45, 2.75) is 12.5 Å². The molecule has 4 rings (SSSR count). The molecule has 1 atom stereocenters. The lowest BCUT2D eigenvalue weighted by molar-refractivity contribution is 0.102. The molecule has 0 aliphatic carbocycles. The Bertz CT molecular complexity index is 1020. The second kappa shape index (κ2) is 7.56. The van der Waals surface area contributed by atoms with Crippen LogP contribution >= 0.6 is 0 Å². The zero-order chi connectivity index (χ0) is 19.5. The first kappa shape index (κ1) is 17.8. The summed E-state index contributed by atoms with van der Waals surface area (Å²) in [5.41, 5.74) is 2.66. The van der Waals surface area contributed by atoms with Crippen LogP contribution < -0.4 is 10.6 Å². The van der Waals surface area contributed by atoms with Crippen molar-refractivity contribution in [1.29, 1.82) is 0 Å². The van der Waals surface area contributed by atoms with Gasteiger partial charge < -0.3 is 20.6 Å². The smallest absolute Gasteiger partial charge is 0.407 e. The summed E-state index contributed by atoms with van der Waals surface area (Å²) in [5.74, 6) is -0.223. The molecule has 28 heavy (non-hydrogen) atoms.